The highest BCUT2D eigenvalue weighted by Gasteiger charge is 2.27. The fourth-order valence-electron chi connectivity index (χ4n) is 2.86. The molecule has 0 bridgehead atoms. The number of rotatable bonds is 6. The number of nitrogens with two attached hydrogens (primary N) is 1. The van der Waals surface area contributed by atoms with Gasteiger partial charge in [-0.05, 0) is 38.2 Å². The molecule has 0 saturated heterocycles. The first-order valence-electron chi connectivity index (χ1n) is 7.23. The molecule has 0 spiro atoms. The lowest BCUT2D eigenvalue weighted by Gasteiger charge is -2.33. The minimum atomic E-state index is 0.0881. The number of aryl methyl sites for hydroxylation is 1. The topological polar surface area (TPSA) is 38.0 Å². The molecular weight excluding hydrogens is 220 g/mol. The second-order valence-corrected chi connectivity index (χ2v) is 5.88. The maximum absolute atomic E-state index is 5.99. The van der Waals surface area contributed by atoms with Gasteiger partial charge in [0.1, 0.15) is 0 Å². The van der Waals surface area contributed by atoms with Crippen LogP contribution in [0.3, 0.4) is 0 Å². The van der Waals surface area contributed by atoms with Crippen molar-refractivity contribution in [3.8, 4) is 0 Å². The molecule has 1 saturated carbocycles. The van der Waals surface area contributed by atoms with E-state index in [2.05, 4.69) is 42.6 Å². The number of hydrogen-bond acceptors (Lipinski definition) is 2. The van der Waals surface area contributed by atoms with Crippen LogP contribution in [0.25, 0.3) is 0 Å². The highest BCUT2D eigenvalue weighted by molar-refractivity contribution is 5.15. The largest absolute Gasteiger partial charge is 0.329 e. The van der Waals surface area contributed by atoms with Crippen LogP contribution in [-0.2, 0) is 6.42 Å². The van der Waals surface area contributed by atoms with Crippen molar-refractivity contribution in [2.24, 2.45) is 5.73 Å². The van der Waals surface area contributed by atoms with Crippen LogP contribution in [0.2, 0.25) is 0 Å². The van der Waals surface area contributed by atoms with Gasteiger partial charge in [-0.1, -0.05) is 43.2 Å². The summed E-state index contributed by atoms with van der Waals surface area (Å²) in [5, 5.41) is 3.79. The summed E-state index contributed by atoms with van der Waals surface area (Å²) in [5.74, 6) is 0. The second kappa shape index (κ2) is 6.35. The van der Waals surface area contributed by atoms with Crippen LogP contribution in [0.4, 0.5) is 0 Å². The molecular formula is C16H26N2. The lowest BCUT2D eigenvalue weighted by Crippen LogP contribution is -2.52. The maximum atomic E-state index is 5.99. The highest BCUT2D eigenvalue weighted by atomic mass is 15.0. The standard InChI is InChI=1S/C16H26N2/c1-16(13-17,18-15-9-5-6-10-15)12-11-14-7-3-2-4-8-14/h2-4,7-8,15,18H,5-6,9-13,17H2,1H3. The third-order valence-electron chi connectivity index (χ3n) is 4.17. The van der Waals surface area contributed by atoms with Gasteiger partial charge in [0.05, 0.1) is 0 Å². The fraction of sp³-hybridized carbons (Fsp3) is 0.625. The molecule has 1 aliphatic carbocycles. The Kier molecular flexibility index (Phi) is 4.79. The zero-order chi connectivity index (χ0) is 12.8. The first-order valence-corrected chi connectivity index (χ1v) is 7.23. The molecule has 0 aromatic heterocycles. The van der Waals surface area contributed by atoms with Crippen molar-refractivity contribution < 1.29 is 0 Å². The first kappa shape index (κ1) is 13.6. The van der Waals surface area contributed by atoms with Crippen molar-refractivity contribution in [3.05, 3.63) is 35.9 Å². The van der Waals surface area contributed by atoms with Crippen molar-refractivity contribution in [3.63, 3.8) is 0 Å². The van der Waals surface area contributed by atoms with Crippen LogP contribution < -0.4 is 11.1 Å². The van der Waals surface area contributed by atoms with Gasteiger partial charge in [0.2, 0.25) is 0 Å². The molecule has 1 atom stereocenters. The third kappa shape index (κ3) is 3.82. The Hall–Kier alpha value is -0.860. The summed E-state index contributed by atoms with van der Waals surface area (Å²) < 4.78 is 0. The van der Waals surface area contributed by atoms with E-state index in [0.717, 1.165) is 19.4 Å². The Balaban J connectivity index is 1.86. The summed E-state index contributed by atoms with van der Waals surface area (Å²) in [6.07, 6.45) is 7.61. The van der Waals surface area contributed by atoms with E-state index in [9.17, 15) is 0 Å². The van der Waals surface area contributed by atoms with Crippen molar-refractivity contribution in [2.45, 2.75) is 57.0 Å². The Morgan fingerprint density at radius 2 is 1.89 bits per heavy atom. The van der Waals surface area contributed by atoms with Gasteiger partial charge in [0, 0.05) is 18.1 Å². The average Bonchev–Trinajstić information content (AvgIpc) is 2.90. The van der Waals surface area contributed by atoms with Gasteiger partial charge >= 0.3 is 0 Å². The Morgan fingerprint density at radius 1 is 1.22 bits per heavy atom. The molecule has 1 aromatic rings. The molecule has 2 heteroatoms. The van der Waals surface area contributed by atoms with Gasteiger partial charge in [-0.25, -0.2) is 0 Å². The molecule has 3 N–H and O–H groups in total. The summed E-state index contributed by atoms with van der Waals surface area (Å²) in [5.41, 5.74) is 7.48. The van der Waals surface area contributed by atoms with Crippen LogP contribution in [-0.4, -0.2) is 18.1 Å². The predicted octanol–water partition coefficient (Wildman–Crippen LogP) is 2.87. The van der Waals surface area contributed by atoms with E-state index >= 15 is 0 Å². The average molecular weight is 246 g/mol. The maximum Gasteiger partial charge on any atom is 0.0281 e. The second-order valence-electron chi connectivity index (χ2n) is 5.88. The van der Waals surface area contributed by atoms with Gasteiger partial charge in [-0.3, -0.25) is 0 Å². The Bertz CT molecular complexity index is 343. The van der Waals surface area contributed by atoms with Crippen LogP contribution in [0.5, 0.6) is 0 Å². The van der Waals surface area contributed by atoms with E-state index in [-0.39, 0.29) is 5.54 Å². The summed E-state index contributed by atoms with van der Waals surface area (Å²) >= 11 is 0. The van der Waals surface area contributed by atoms with Crippen LogP contribution in [0, 0.1) is 0 Å². The van der Waals surface area contributed by atoms with Crippen LogP contribution in [0.15, 0.2) is 30.3 Å². The van der Waals surface area contributed by atoms with E-state index in [1.165, 1.54) is 31.2 Å². The third-order valence-corrected chi connectivity index (χ3v) is 4.17. The van der Waals surface area contributed by atoms with Gasteiger partial charge in [0.25, 0.3) is 0 Å². The fourth-order valence-corrected chi connectivity index (χ4v) is 2.86. The van der Waals surface area contributed by atoms with Crippen molar-refractivity contribution >= 4 is 0 Å². The summed E-state index contributed by atoms with van der Waals surface area (Å²) in [4.78, 5) is 0. The van der Waals surface area contributed by atoms with E-state index in [4.69, 9.17) is 5.73 Å². The number of nitrogens with one attached hydrogen (secondary N) is 1. The predicted molar refractivity (Wildman–Crippen MR) is 77.6 cm³/mol. The van der Waals surface area contributed by atoms with Gasteiger partial charge in [-0.2, -0.15) is 0 Å². The molecule has 2 nitrogen and oxygen atoms in total. The Morgan fingerprint density at radius 3 is 2.50 bits per heavy atom. The molecule has 0 radical (unpaired) electrons. The van der Waals surface area contributed by atoms with Crippen molar-refractivity contribution in [2.75, 3.05) is 6.54 Å². The Labute approximate surface area is 111 Å². The monoisotopic (exact) mass is 246 g/mol. The van der Waals surface area contributed by atoms with Crippen LogP contribution in [0.1, 0.15) is 44.6 Å². The summed E-state index contributed by atoms with van der Waals surface area (Å²) in [6.45, 7) is 2.99. The SMILES string of the molecule is CC(CN)(CCc1ccccc1)NC1CCCC1. The van der Waals surface area contributed by atoms with E-state index in [1.54, 1.807) is 0 Å². The molecule has 1 fully saturated rings. The van der Waals surface area contributed by atoms with E-state index < -0.39 is 0 Å². The van der Waals surface area contributed by atoms with Crippen molar-refractivity contribution in [1.82, 2.24) is 5.32 Å². The smallest absolute Gasteiger partial charge is 0.0281 e. The molecule has 1 aromatic carbocycles. The van der Waals surface area contributed by atoms with E-state index in [1.807, 2.05) is 0 Å². The minimum Gasteiger partial charge on any atom is -0.329 e. The number of hydrogen-bond donors (Lipinski definition) is 2. The summed E-state index contributed by atoms with van der Waals surface area (Å²) in [7, 11) is 0. The molecule has 0 aliphatic heterocycles. The lowest BCUT2D eigenvalue weighted by molar-refractivity contribution is 0.297. The quantitative estimate of drug-likeness (QED) is 0.810. The molecule has 1 unspecified atom stereocenters. The molecule has 18 heavy (non-hydrogen) atoms. The molecule has 100 valence electrons. The highest BCUT2D eigenvalue weighted by Crippen LogP contribution is 2.22. The van der Waals surface area contributed by atoms with E-state index in [0.29, 0.717) is 6.04 Å². The first-order chi connectivity index (χ1) is 8.72. The van der Waals surface area contributed by atoms with Crippen molar-refractivity contribution in [1.29, 1.82) is 0 Å². The van der Waals surface area contributed by atoms with Gasteiger partial charge < -0.3 is 11.1 Å². The molecule has 2 rings (SSSR count). The van der Waals surface area contributed by atoms with Gasteiger partial charge in [-0.15, -0.1) is 0 Å². The normalized spacial score (nSPS) is 19.9. The molecule has 1 aliphatic rings. The number of benzene rings is 1. The molecule has 0 amide bonds. The van der Waals surface area contributed by atoms with Crippen LogP contribution >= 0.6 is 0 Å². The zero-order valence-corrected chi connectivity index (χ0v) is 11.5. The molecule has 0 heterocycles. The van der Waals surface area contributed by atoms with Gasteiger partial charge in [0.15, 0.2) is 0 Å². The summed E-state index contributed by atoms with van der Waals surface area (Å²) in [6, 6.07) is 11.4. The zero-order valence-electron chi connectivity index (χ0n) is 11.5. The minimum absolute atomic E-state index is 0.0881. The lowest BCUT2D eigenvalue weighted by atomic mass is 9.92.